The Balaban J connectivity index is 1.51. The predicted molar refractivity (Wildman–Crippen MR) is 98.1 cm³/mol. The number of benzene rings is 2. The van der Waals surface area contributed by atoms with E-state index in [0.29, 0.717) is 5.69 Å². The third-order valence-corrected chi connectivity index (χ3v) is 4.67. The zero-order valence-corrected chi connectivity index (χ0v) is 15.0. The molecule has 0 spiro atoms. The van der Waals surface area contributed by atoms with Crippen LogP contribution in [0.5, 0.6) is 0 Å². The van der Waals surface area contributed by atoms with Gasteiger partial charge in [0.25, 0.3) is 11.8 Å². The Kier molecular flexibility index (Phi) is 4.52. The lowest BCUT2D eigenvalue weighted by atomic mass is 10.1. The molecule has 1 fully saturated rings. The van der Waals surface area contributed by atoms with E-state index in [1.807, 2.05) is 6.07 Å². The summed E-state index contributed by atoms with van der Waals surface area (Å²) in [6.45, 7) is -0.253. The van der Waals surface area contributed by atoms with Crippen molar-refractivity contribution in [3.63, 3.8) is 0 Å². The van der Waals surface area contributed by atoms with Crippen LogP contribution in [0.4, 0.5) is 15.8 Å². The number of carbonyl (C=O) groups is 3. The number of para-hydroxylation sites is 1. The highest BCUT2D eigenvalue weighted by atomic mass is 35.5. The number of rotatable bonds is 4. The van der Waals surface area contributed by atoms with E-state index in [2.05, 4.69) is 15.7 Å². The van der Waals surface area contributed by atoms with Crippen LogP contribution < -0.4 is 10.2 Å². The Morgan fingerprint density at radius 3 is 2.61 bits per heavy atom. The first-order valence-corrected chi connectivity index (χ1v) is 8.68. The van der Waals surface area contributed by atoms with E-state index in [9.17, 15) is 18.8 Å². The molecule has 2 heterocycles. The van der Waals surface area contributed by atoms with Crippen molar-refractivity contribution in [3.8, 4) is 0 Å². The lowest BCUT2D eigenvalue weighted by Crippen LogP contribution is -2.43. The van der Waals surface area contributed by atoms with E-state index in [-0.39, 0.29) is 17.3 Å². The quantitative estimate of drug-likeness (QED) is 0.796. The Hall–Kier alpha value is -3.33. The number of imide groups is 1. The van der Waals surface area contributed by atoms with E-state index >= 15 is 0 Å². The highest BCUT2D eigenvalue weighted by Gasteiger charge is 2.55. The van der Waals surface area contributed by atoms with Crippen LogP contribution in [0.2, 0.25) is 5.02 Å². The molecule has 2 aromatic rings. The van der Waals surface area contributed by atoms with Crippen LogP contribution in [0.3, 0.4) is 0 Å². The summed E-state index contributed by atoms with van der Waals surface area (Å²) in [5.41, 5.74) is 0.733. The highest BCUT2D eigenvalue weighted by Crippen LogP contribution is 2.33. The second kappa shape index (κ2) is 7.01. The minimum absolute atomic E-state index is 0.139. The first kappa shape index (κ1) is 18.1. The zero-order chi connectivity index (χ0) is 19.8. The summed E-state index contributed by atoms with van der Waals surface area (Å²) in [6.07, 6.45) is 0. The Morgan fingerprint density at radius 1 is 1.14 bits per heavy atom. The maximum atomic E-state index is 13.4. The van der Waals surface area contributed by atoms with Crippen LogP contribution in [-0.2, 0) is 14.4 Å². The van der Waals surface area contributed by atoms with Gasteiger partial charge in [0, 0.05) is 5.69 Å². The third-order valence-electron chi connectivity index (χ3n) is 4.38. The molecule has 1 N–H and O–H groups in total. The minimum Gasteiger partial charge on any atom is -0.324 e. The van der Waals surface area contributed by atoms with Gasteiger partial charge in [-0.05, 0) is 30.3 Å². The normalized spacial score (nSPS) is 20.6. The molecule has 10 heteroatoms. The molecule has 0 saturated carbocycles. The largest absolute Gasteiger partial charge is 0.324 e. The topological polar surface area (TPSA) is 94.4 Å². The monoisotopic (exact) mass is 401 g/mol. The minimum atomic E-state index is -1.05. The Bertz CT molecular complexity index is 1000. The SMILES string of the molecule is O=C(CN1N=N[C@@H]2C(=O)N(c3ccc(F)c(Cl)c3)C(=O)[C@@H]21)Nc1ccccc1. The van der Waals surface area contributed by atoms with Crippen LogP contribution in [0, 0.1) is 5.82 Å². The van der Waals surface area contributed by atoms with E-state index in [0.717, 1.165) is 11.0 Å². The van der Waals surface area contributed by atoms with Crippen molar-refractivity contribution in [2.24, 2.45) is 10.3 Å². The number of hydrogen-bond acceptors (Lipinski definition) is 6. The maximum Gasteiger partial charge on any atom is 0.263 e. The standard InChI is InChI=1S/C18H13ClFN5O3/c19-12-8-11(6-7-13(12)20)25-17(27)15-16(18(25)28)24(23-22-15)9-14(26)21-10-4-2-1-3-5-10/h1-8,15-16H,9H2,(H,21,26)/t15-,16+/m0/s1. The fourth-order valence-corrected chi connectivity index (χ4v) is 3.28. The van der Waals surface area contributed by atoms with Crippen molar-refractivity contribution in [2.75, 3.05) is 16.8 Å². The van der Waals surface area contributed by atoms with Crippen molar-refractivity contribution in [1.29, 1.82) is 0 Å². The summed E-state index contributed by atoms with van der Waals surface area (Å²) < 4.78 is 13.4. The summed E-state index contributed by atoms with van der Waals surface area (Å²) in [7, 11) is 0. The highest BCUT2D eigenvalue weighted by molar-refractivity contribution is 6.32. The smallest absolute Gasteiger partial charge is 0.263 e. The van der Waals surface area contributed by atoms with Crippen molar-refractivity contribution >= 4 is 40.7 Å². The molecule has 2 aliphatic rings. The molecule has 0 aromatic heterocycles. The van der Waals surface area contributed by atoms with Crippen molar-refractivity contribution < 1.29 is 18.8 Å². The van der Waals surface area contributed by atoms with E-state index in [1.165, 1.54) is 17.1 Å². The zero-order valence-electron chi connectivity index (χ0n) is 14.3. The second-order valence-corrected chi connectivity index (χ2v) is 6.62. The molecule has 28 heavy (non-hydrogen) atoms. The van der Waals surface area contributed by atoms with E-state index in [1.54, 1.807) is 24.3 Å². The Labute approximate surface area is 163 Å². The van der Waals surface area contributed by atoms with Crippen LogP contribution in [0.15, 0.2) is 58.9 Å². The van der Waals surface area contributed by atoms with E-state index < -0.39 is 35.6 Å². The van der Waals surface area contributed by atoms with Gasteiger partial charge in [-0.1, -0.05) is 35.0 Å². The molecule has 0 bridgehead atoms. The van der Waals surface area contributed by atoms with Crippen LogP contribution >= 0.6 is 11.6 Å². The molecule has 4 rings (SSSR count). The average Bonchev–Trinajstić information content (AvgIpc) is 3.18. The summed E-state index contributed by atoms with van der Waals surface area (Å²) in [6, 6.07) is 10.2. The average molecular weight is 402 g/mol. The van der Waals surface area contributed by atoms with Crippen molar-refractivity contribution in [3.05, 3.63) is 59.4 Å². The molecule has 0 unspecified atom stereocenters. The lowest BCUT2D eigenvalue weighted by molar-refractivity contribution is -0.123. The maximum absolute atomic E-state index is 13.4. The molecule has 1 saturated heterocycles. The number of amides is 3. The van der Waals surface area contributed by atoms with Crippen LogP contribution in [0.1, 0.15) is 0 Å². The van der Waals surface area contributed by atoms with Gasteiger partial charge in [-0.15, -0.1) is 0 Å². The van der Waals surface area contributed by atoms with Gasteiger partial charge in [-0.2, -0.15) is 5.11 Å². The van der Waals surface area contributed by atoms with Crippen LogP contribution in [0.25, 0.3) is 0 Å². The van der Waals surface area contributed by atoms with Gasteiger partial charge in [-0.25, -0.2) is 9.29 Å². The van der Waals surface area contributed by atoms with Gasteiger partial charge in [0.05, 0.1) is 10.7 Å². The molecule has 2 atom stereocenters. The summed E-state index contributed by atoms with van der Waals surface area (Å²) in [5.74, 6) is -2.28. The third kappa shape index (κ3) is 3.09. The molecule has 3 amide bonds. The summed E-state index contributed by atoms with van der Waals surface area (Å²) in [4.78, 5) is 38.6. The van der Waals surface area contributed by atoms with E-state index in [4.69, 9.17) is 11.6 Å². The lowest BCUT2D eigenvalue weighted by Gasteiger charge is -2.20. The number of nitrogens with one attached hydrogen (secondary N) is 1. The fourth-order valence-electron chi connectivity index (χ4n) is 3.10. The van der Waals surface area contributed by atoms with Crippen molar-refractivity contribution in [2.45, 2.75) is 12.1 Å². The predicted octanol–water partition coefficient (Wildman–Crippen LogP) is 2.41. The number of nitrogens with zero attached hydrogens (tertiary/aromatic N) is 4. The molecule has 142 valence electrons. The first-order valence-electron chi connectivity index (χ1n) is 8.31. The van der Waals surface area contributed by atoms with Crippen molar-refractivity contribution in [1.82, 2.24) is 5.01 Å². The van der Waals surface area contributed by atoms with Gasteiger partial charge < -0.3 is 5.32 Å². The molecule has 0 radical (unpaired) electrons. The number of halogens is 2. The molecule has 2 aromatic carbocycles. The van der Waals surface area contributed by atoms with Gasteiger partial charge in [0.15, 0.2) is 12.1 Å². The number of anilines is 2. The van der Waals surface area contributed by atoms with Gasteiger partial charge >= 0.3 is 0 Å². The summed E-state index contributed by atoms with van der Waals surface area (Å²) in [5, 5.41) is 11.3. The Morgan fingerprint density at radius 2 is 1.89 bits per heavy atom. The molecule has 0 aliphatic carbocycles. The summed E-state index contributed by atoms with van der Waals surface area (Å²) >= 11 is 5.75. The molecular weight excluding hydrogens is 389 g/mol. The number of hydrogen-bond donors (Lipinski definition) is 1. The first-order chi connectivity index (χ1) is 13.5. The van der Waals surface area contributed by atoms with Gasteiger partial charge in [0.1, 0.15) is 12.4 Å². The van der Waals surface area contributed by atoms with Crippen LogP contribution in [-0.4, -0.2) is 41.4 Å². The second-order valence-electron chi connectivity index (χ2n) is 6.22. The fraction of sp³-hybridized carbons (Fsp3) is 0.167. The molecule has 8 nitrogen and oxygen atoms in total. The molecular formula is C18H13ClFN5O3. The van der Waals surface area contributed by atoms with Gasteiger partial charge in [0.2, 0.25) is 5.91 Å². The number of carbonyl (C=O) groups excluding carboxylic acids is 3. The molecule has 2 aliphatic heterocycles. The number of fused-ring (bicyclic) bond motifs is 1. The van der Waals surface area contributed by atoms with Gasteiger partial charge in [-0.3, -0.25) is 19.4 Å².